The molecular formula is C30H46N4O4. The summed E-state index contributed by atoms with van der Waals surface area (Å²) in [6.45, 7) is 17.8. The number of carbonyl (C=O) groups is 3. The second-order valence-corrected chi connectivity index (χ2v) is 12.8. The molecule has 3 saturated heterocycles. The Hall–Kier alpha value is -2.45. The maximum Gasteiger partial charge on any atom is 0.249 e. The monoisotopic (exact) mass is 526 g/mol. The number of imide groups is 1. The SMILES string of the molecule is CCCN1CCN(c2ccc(C(N)=O)c([C@H](CC(C)(C)C)C(=O)N3C(=O)[C@H](C(C)C)[C@H]4OCC[C@@H]43)c2)CC1. The van der Waals surface area contributed by atoms with Gasteiger partial charge in [0.1, 0.15) is 0 Å². The topological polar surface area (TPSA) is 96.2 Å². The zero-order chi connectivity index (χ0) is 27.8. The van der Waals surface area contributed by atoms with Crippen LogP contribution >= 0.6 is 0 Å². The summed E-state index contributed by atoms with van der Waals surface area (Å²) in [7, 11) is 0. The highest BCUT2D eigenvalue weighted by Crippen LogP contribution is 2.43. The molecule has 1 aromatic carbocycles. The third kappa shape index (κ3) is 5.76. The molecule has 0 aromatic heterocycles. The van der Waals surface area contributed by atoms with Crippen molar-refractivity contribution in [1.82, 2.24) is 9.80 Å². The molecule has 2 N–H and O–H groups in total. The van der Waals surface area contributed by atoms with E-state index in [-0.39, 0.29) is 41.2 Å². The summed E-state index contributed by atoms with van der Waals surface area (Å²) in [5.41, 5.74) is 7.60. The van der Waals surface area contributed by atoms with Crippen LogP contribution in [0.5, 0.6) is 0 Å². The van der Waals surface area contributed by atoms with E-state index in [1.165, 1.54) is 4.90 Å². The number of rotatable bonds is 8. The average Bonchev–Trinajstić information content (AvgIpc) is 3.41. The third-order valence-corrected chi connectivity index (χ3v) is 8.33. The van der Waals surface area contributed by atoms with Gasteiger partial charge in [0.25, 0.3) is 0 Å². The molecule has 0 aliphatic carbocycles. The van der Waals surface area contributed by atoms with Crippen LogP contribution in [-0.4, -0.2) is 79.0 Å². The van der Waals surface area contributed by atoms with E-state index in [0.717, 1.165) is 44.8 Å². The van der Waals surface area contributed by atoms with Crippen LogP contribution in [0.3, 0.4) is 0 Å². The van der Waals surface area contributed by atoms with Gasteiger partial charge in [0.2, 0.25) is 17.7 Å². The normalized spacial score (nSPS) is 25.2. The molecule has 0 bridgehead atoms. The van der Waals surface area contributed by atoms with Crippen molar-refractivity contribution < 1.29 is 19.1 Å². The highest BCUT2D eigenvalue weighted by Gasteiger charge is 2.55. The van der Waals surface area contributed by atoms with Gasteiger partial charge in [0, 0.05) is 44.0 Å². The lowest BCUT2D eigenvalue weighted by Gasteiger charge is -2.37. The number of hydrogen-bond donors (Lipinski definition) is 1. The van der Waals surface area contributed by atoms with Gasteiger partial charge in [-0.2, -0.15) is 0 Å². The number of likely N-dealkylation sites (tertiary alicyclic amines) is 1. The fourth-order valence-electron chi connectivity index (χ4n) is 6.54. The van der Waals surface area contributed by atoms with Gasteiger partial charge in [-0.3, -0.25) is 24.2 Å². The van der Waals surface area contributed by atoms with E-state index >= 15 is 0 Å². The van der Waals surface area contributed by atoms with Crippen LogP contribution in [0.4, 0.5) is 5.69 Å². The second kappa shape index (κ2) is 11.3. The lowest BCUT2D eigenvalue weighted by atomic mass is 9.79. The van der Waals surface area contributed by atoms with Gasteiger partial charge in [0.15, 0.2) is 0 Å². The van der Waals surface area contributed by atoms with E-state index in [2.05, 4.69) is 37.5 Å². The molecule has 3 fully saturated rings. The molecule has 0 saturated carbocycles. The number of carbonyl (C=O) groups excluding carboxylic acids is 3. The summed E-state index contributed by atoms with van der Waals surface area (Å²) in [6, 6.07) is 5.43. The summed E-state index contributed by atoms with van der Waals surface area (Å²) in [5.74, 6) is -1.86. The smallest absolute Gasteiger partial charge is 0.249 e. The average molecular weight is 527 g/mol. The van der Waals surface area contributed by atoms with Crippen molar-refractivity contribution in [3.63, 3.8) is 0 Å². The van der Waals surface area contributed by atoms with Crippen molar-refractivity contribution in [2.45, 2.75) is 78.9 Å². The third-order valence-electron chi connectivity index (χ3n) is 8.33. The molecular weight excluding hydrogens is 480 g/mol. The first-order valence-electron chi connectivity index (χ1n) is 14.3. The summed E-state index contributed by atoms with van der Waals surface area (Å²) in [4.78, 5) is 46.9. The molecule has 3 aliphatic heterocycles. The van der Waals surface area contributed by atoms with Gasteiger partial charge in [0.05, 0.1) is 24.0 Å². The number of amides is 3. The summed E-state index contributed by atoms with van der Waals surface area (Å²) < 4.78 is 5.97. The molecule has 0 spiro atoms. The van der Waals surface area contributed by atoms with Crippen LogP contribution in [0.1, 0.15) is 82.6 Å². The van der Waals surface area contributed by atoms with Crippen molar-refractivity contribution >= 4 is 23.4 Å². The Kier molecular flexibility index (Phi) is 8.52. The fraction of sp³-hybridized carbons (Fsp3) is 0.700. The Morgan fingerprint density at radius 3 is 2.39 bits per heavy atom. The molecule has 3 aliphatic rings. The maximum absolute atomic E-state index is 14.4. The standard InChI is InChI=1S/C30H46N4O4/c1-7-11-32-12-14-33(15-13-32)20-8-9-21(27(31)35)22(17-20)23(18-30(4,5)6)28(36)34-24-10-16-38-26(24)25(19(2)3)29(34)37/h8-9,17,19,23-26H,7,10-16,18H2,1-6H3,(H2,31,35)/t23-,24-,25+,26-/m0/s1. The number of ether oxygens (including phenoxy) is 1. The van der Waals surface area contributed by atoms with Crippen LogP contribution in [-0.2, 0) is 14.3 Å². The first-order chi connectivity index (χ1) is 17.9. The van der Waals surface area contributed by atoms with Crippen molar-refractivity contribution in [3.05, 3.63) is 29.3 Å². The van der Waals surface area contributed by atoms with Crippen LogP contribution in [0.25, 0.3) is 0 Å². The molecule has 0 radical (unpaired) electrons. The molecule has 4 rings (SSSR count). The van der Waals surface area contributed by atoms with Gasteiger partial charge in [-0.15, -0.1) is 0 Å². The van der Waals surface area contributed by atoms with Crippen LogP contribution < -0.4 is 10.6 Å². The van der Waals surface area contributed by atoms with Crippen LogP contribution in [0.15, 0.2) is 18.2 Å². The lowest BCUT2D eigenvalue weighted by molar-refractivity contribution is -0.147. The minimum atomic E-state index is -0.657. The molecule has 3 heterocycles. The number of anilines is 1. The molecule has 8 heteroatoms. The highest BCUT2D eigenvalue weighted by molar-refractivity contribution is 6.04. The van der Waals surface area contributed by atoms with Crippen molar-refractivity contribution in [3.8, 4) is 0 Å². The quantitative estimate of drug-likeness (QED) is 0.556. The molecule has 210 valence electrons. The van der Waals surface area contributed by atoms with E-state index in [4.69, 9.17) is 10.5 Å². The highest BCUT2D eigenvalue weighted by atomic mass is 16.5. The number of benzene rings is 1. The zero-order valence-electron chi connectivity index (χ0n) is 24.0. The molecule has 3 amide bonds. The number of hydrogen-bond acceptors (Lipinski definition) is 6. The Morgan fingerprint density at radius 1 is 1.13 bits per heavy atom. The predicted octanol–water partition coefficient (Wildman–Crippen LogP) is 3.64. The minimum Gasteiger partial charge on any atom is -0.375 e. The first-order valence-corrected chi connectivity index (χ1v) is 14.3. The molecule has 4 atom stereocenters. The Morgan fingerprint density at radius 2 is 1.82 bits per heavy atom. The molecule has 8 nitrogen and oxygen atoms in total. The number of nitrogens with zero attached hydrogens (tertiary/aromatic N) is 3. The van der Waals surface area contributed by atoms with Crippen molar-refractivity contribution in [1.29, 1.82) is 0 Å². The number of primary amides is 1. The Balaban J connectivity index is 1.72. The Labute approximate surface area is 227 Å². The molecule has 0 unspecified atom stereocenters. The Bertz CT molecular complexity index is 1040. The summed E-state index contributed by atoms with van der Waals surface area (Å²) in [5, 5.41) is 0. The first kappa shape index (κ1) is 28.6. The fourth-order valence-corrected chi connectivity index (χ4v) is 6.54. The van der Waals surface area contributed by atoms with Gasteiger partial charge in [-0.05, 0) is 60.9 Å². The minimum absolute atomic E-state index is 0.0721. The largest absolute Gasteiger partial charge is 0.375 e. The molecule has 1 aromatic rings. The van der Waals surface area contributed by atoms with Crippen molar-refractivity contribution in [2.24, 2.45) is 23.0 Å². The summed E-state index contributed by atoms with van der Waals surface area (Å²) in [6.07, 6.45) is 2.02. The van der Waals surface area contributed by atoms with E-state index in [9.17, 15) is 14.4 Å². The number of piperazine rings is 1. The van der Waals surface area contributed by atoms with E-state index in [1.54, 1.807) is 6.07 Å². The van der Waals surface area contributed by atoms with Gasteiger partial charge in [-0.1, -0.05) is 41.5 Å². The predicted molar refractivity (Wildman–Crippen MR) is 149 cm³/mol. The lowest BCUT2D eigenvalue weighted by Crippen LogP contribution is -2.46. The number of nitrogens with two attached hydrogens (primary N) is 1. The van der Waals surface area contributed by atoms with Crippen molar-refractivity contribution in [2.75, 3.05) is 44.2 Å². The van der Waals surface area contributed by atoms with Gasteiger partial charge >= 0.3 is 0 Å². The van der Waals surface area contributed by atoms with Gasteiger partial charge in [-0.25, -0.2) is 0 Å². The summed E-state index contributed by atoms with van der Waals surface area (Å²) >= 11 is 0. The van der Waals surface area contributed by atoms with E-state index in [1.807, 2.05) is 26.0 Å². The van der Waals surface area contributed by atoms with Crippen LogP contribution in [0, 0.1) is 17.3 Å². The zero-order valence-corrected chi connectivity index (χ0v) is 24.0. The van der Waals surface area contributed by atoms with E-state index < -0.39 is 11.8 Å². The second-order valence-electron chi connectivity index (χ2n) is 12.8. The number of fused-ring (bicyclic) bond motifs is 1. The van der Waals surface area contributed by atoms with Crippen LogP contribution in [0.2, 0.25) is 0 Å². The van der Waals surface area contributed by atoms with E-state index in [0.29, 0.717) is 30.6 Å². The molecule has 38 heavy (non-hydrogen) atoms. The maximum atomic E-state index is 14.4. The van der Waals surface area contributed by atoms with Gasteiger partial charge < -0.3 is 15.4 Å².